The zero-order chi connectivity index (χ0) is 21.7. The van der Waals surface area contributed by atoms with Gasteiger partial charge in [0.2, 0.25) is 11.0 Å². The SMILES string of the molecule is CC(=O)NC[C@H]1CN(c2ccc(N=CNNc3nc(C(=O)O)cs3)c(F)c2)C(=O)O1. The van der Waals surface area contributed by atoms with Crippen LogP contribution in [0.1, 0.15) is 17.4 Å². The first kappa shape index (κ1) is 21.0. The molecule has 1 aromatic heterocycles. The lowest BCUT2D eigenvalue weighted by molar-refractivity contribution is -0.119. The number of hydrazine groups is 1. The molecule has 1 aromatic carbocycles. The number of ether oxygens (including phenoxy) is 1. The van der Waals surface area contributed by atoms with Crippen molar-refractivity contribution in [1.82, 2.24) is 15.7 Å². The molecule has 0 unspecified atom stereocenters. The second-order valence-corrected chi connectivity index (χ2v) is 6.92. The van der Waals surface area contributed by atoms with E-state index in [2.05, 4.69) is 26.1 Å². The van der Waals surface area contributed by atoms with Crippen molar-refractivity contribution in [1.29, 1.82) is 0 Å². The Balaban J connectivity index is 1.56. The molecule has 1 fully saturated rings. The van der Waals surface area contributed by atoms with E-state index in [0.717, 1.165) is 17.4 Å². The van der Waals surface area contributed by atoms with Gasteiger partial charge in [0.25, 0.3) is 0 Å². The number of nitrogens with one attached hydrogen (secondary N) is 3. The van der Waals surface area contributed by atoms with Gasteiger partial charge in [-0.05, 0) is 18.2 Å². The molecule has 1 saturated heterocycles. The number of carboxylic acids is 1. The Hall–Kier alpha value is -3.74. The van der Waals surface area contributed by atoms with Gasteiger partial charge in [-0.3, -0.25) is 20.5 Å². The summed E-state index contributed by atoms with van der Waals surface area (Å²) >= 11 is 1.07. The lowest BCUT2D eigenvalue weighted by atomic mass is 10.2. The van der Waals surface area contributed by atoms with Gasteiger partial charge in [-0.2, -0.15) is 0 Å². The van der Waals surface area contributed by atoms with Gasteiger partial charge in [0.05, 0.1) is 18.8 Å². The molecule has 0 bridgehead atoms. The number of nitrogens with zero attached hydrogens (tertiary/aromatic N) is 3. The van der Waals surface area contributed by atoms with Gasteiger partial charge < -0.3 is 15.2 Å². The van der Waals surface area contributed by atoms with Crippen LogP contribution in [-0.4, -0.2) is 53.6 Å². The Bertz CT molecular complexity index is 997. The quantitative estimate of drug-likeness (QED) is 0.278. The van der Waals surface area contributed by atoms with E-state index in [1.165, 1.54) is 35.7 Å². The molecule has 0 saturated carbocycles. The average Bonchev–Trinajstić information content (AvgIpc) is 3.31. The van der Waals surface area contributed by atoms with Crippen LogP contribution in [0.25, 0.3) is 0 Å². The topological polar surface area (TPSA) is 145 Å². The van der Waals surface area contributed by atoms with E-state index >= 15 is 0 Å². The molecule has 2 aromatic rings. The van der Waals surface area contributed by atoms with Crippen LogP contribution in [0.2, 0.25) is 0 Å². The number of amides is 2. The molecule has 3 rings (SSSR count). The standard InChI is InChI=1S/C17H17FN6O5S/c1-9(25)19-5-11-6-24(17(28)29-11)10-2-3-13(12(18)4-10)20-8-21-23-16-22-14(7-30-16)15(26)27/h2-4,7-8,11H,5-6H2,1H3,(H,19,25)(H,20,21)(H,22,23)(H,26,27)/t11-/m0/s1. The van der Waals surface area contributed by atoms with E-state index in [4.69, 9.17) is 9.84 Å². The molecule has 1 aliphatic heterocycles. The number of aromatic carboxylic acids is 1. The van der Waals surface area contributed by atoms with Crippen LogP contribution in [0.4, 0.5) is 25.7 Å². The third-order valence-electron chi connectivity index (χ3n) is 3.87. The van der Waals surface area contributed by atoms with Crippen molar-refractivity contribution in [3.05, 3.63) is 35.1 Å². The zero-order valence-corrected chi connectivity index (χ0v) is 16.4. The largest absolute Gasteiger partial charge is 0.476 e. The lowest BCUT2D eigenvalue weighted by Crippen LogP contribution is -2.33. The number of hydrogen-bond donors (Lipinski definition) is 4. The Morgan fingerprint density at radius 1 is 1.50 bits per heavy atom. The van der Waals surface area contributed by atoms with Gasteiger partial charge >= 0.3 is 12.1 Å². The van der Waals surface area contributed by atoms with E-state index in [-0.39, 0.29) is 30.4 Å². The van der Waals surface area contributed by atoms with E-state index in [1.807, 2.05) is 0 Å². The van der Waals surface area contributed by atoms with Gasteiger partial charge in [0.15, 0.2) is 11.5 Å². The summed E-state index contributed by atoms with van der Waals surface area (Å²) in [6.45, 7) is 1.71. The molecule has 4 N–H and O–H groups in total. The fourth-order valence-corrected chi connectivity index (χ4v) is 3.14. The summed E-state index contributed by atoms with van der Waals surface area (Å²) in [5, 5.41) is 13.0. The first-order valence-corrected chi connectivity index (χ1v) is 9.46. The average molecular weight is 436 g/mol. The number of halogens is 1. The molecule has 11 nitrogen and oxygen atoms in total. The number of rotatable bonds is 8. The number of carbonyl (C=O) groups excluding carboxylic acids is 2. The highest BCUT2D eigenvalue weighted by Crippen LogP contribution is 2.27. The predicted molar refractivity (Wildman–Crippen MR) is 107 cm³/mol. The van der Waals surface area contributed by atoms with Crippen molar-refractivity contribution in [2.75, 3.05) is 23.4 Å². The molecule has 1 aliphatic rings. The third-order valence-corrected chi connectivity index (χ3v) is 4.62. The zero-order valence-electron chi connectivity index (χ0n) is 15.6. The number of aliphatic imine (C=N–C) groups is 1. The molecule has 30 heavy (non-hydrogen) atoms. The first-order chi connectivity index (χ1) is 14.3. The monoisotopic (exact) mass is 436 g/mol. The van der Waals surface area contributed by atoms with Crippen molar-refractivity contribution in [2.24, 2.45) is 4.99 Å². The van der Waals surface area contributed by atoms with Crippen molar-refractivity contribution < 1.29 is 28.6 Å². The fourth-order valence-electron chi connectivity index (χ4n) is 2.49. The molecule has 158 valence electrons. The van der Waals surface area contributed by atoms with Crippen molar-refractivity contribution in [3.63, 3.8) is 0 Å². The Labute approximate surface area is 173 Å². The van der Waals surface area contributed by atoms with Crippen LogP contribution < -0.4 is 21.1 Å². The van der Waals surface area contributed by atoms with Crippen LogP contribution in [-0.2, 0) is 9.53 Å². The maximum atomic E-state index is 14.4. The molecule has 0 spiro atoms. The Kier molecular flexibility index (Phi) is 6.41. The smallest absolute Gasteiger partial charge is 0.414 e. The molecule has 1 atom stereocenters. The maximum Gasteiger partial charge on any atom is 0.414 e. The number of hydrogen-bond acceptors (Lipinski definition) is 8. The van der Waals surface area contributed by atoms with Crippen LogP contribution >= 0.6 is 11.3 Å². The highest BCUT2D eigenvalue weighted by Gasteiger charge is 2.32. The lowest BCUT2D eigenvalue weighted by Gasteiger charge is -2.13. The highest BCUT2D eigenvalue weighted by atomic mass is 32.1. The van der Waals surface area contributed by atoms with Crippen LogP contribution in [0.15, 0.2) is 28.6 Å². The maximum absolute atomic E-state index is 14.4. The van der Waals surface area contributed by atoms with Crippen LogP contribution in [0, 0.1) is 5.82 Å². The number of anilines is 2. The number of carboxylic acid groups (broad SMARTS) is 1. The molecule has 0 radical (unpaired) electrons. The van der Waals surface area contributed by atoms with Gasteiger partial charge in [0.1, 0.15) is 18.1 Å². The van der Waals surface area contributed by atoms with Crippen LogP contribution in [0.5, 0.6) is 0 Å². The fraction of sp³-hybridized carbons (Fsp3) is 0.235. The summed E-state index contributed by atoms with van der Waals surface area (Å²) in [7, 11) is 0. The number of benzene rings is 1. The number of carbonyl (C=O) groups is 3. The second kappa shape index (κ2) is 9.17. The predicted octanol–water partition coefficient (Wildman–Crippen LogP) is 1.72. The Morgan fingerprint density at radius 3 is 2.97 bits per heavy atom. The number of aromatic nitrogens is 1. The minimum absolute atomic E-state index is 0.0146. The van der Waals surface area contributed by atoms with E-state index in [0.29, 0.717) is 10.8 Å². The van der Waals surface area contributed by atoms with Gasteiger partial charge in [-0.1, -0.05) is 0 Å². The summed E-state index contributed by atoms with van der Waals surface area (Å²) in [6, 6.07) is 4.07. The van der Waals surface area contributed by atoms with Gasteiger partial charge in [-0.25, -0.2) is 24.0 Å². The van der Waals surface area contributed by atoms with Gasteiger partial charge in [0, 0.05) is 12.3 Å². The summed E-state index contributed by atoms with van der Waals surface area (Å²) in [5.41, 5.74) is 5.40. The number of cyclic esters (lactones) is 1. The number of thiazole rings is 1. The van der Waals surface area contributed by atoms with Crippen molar-refractivity contribution in [2.45, 2.75) is 13.0 Å². The van der Waals surface area contributed by atoms with Crippen molar-refractivity contribution in [3.8, 4) is 0 Å². The summed E-state index contributed by atoms with van der Waals surface area (Å²) in [4.78, 5) is 42.7. The minimum Gasteiger partial charge on any atom is -0.476 e. The van der Waals surface area contributed by atoms with E-state index < -0.39 is 24.0 Å². The summed E-state index contributed by atoms with van der Waals surface area (Å²) < 4.78 is 19.5. The van der Waals surface area contributed by atoms with E-state index in [1.54, 1.807) is 0 Å². The van der Waals surface area contributed by atoms with E-state index in [9.17, 15) is 18.8 Å². The molecule has 0 aliphatic carbocycles. The van der Waals surface area contributed by atoms with Crippen molar-refractivity contribution >= 4 is 52.2 Å². The third kappa shape index (κ3) is 5.20. The van der Waals surface area contributed by atoms with Crippen LogP contribution in [0.3, 0.4) is 0 Å². The van der Waals surface area contributed by atoms with Gasteiger partial charge in [-0.15, -0.1) is 11.3 Å². The minimum atomic E-state index is -1.14. The molecule has 2 amide bonds. The first-order valence-electron chi connectivity index (χ1n) is 8.58. The second-order valence-electron chi connectivity index (χ2n) is 6.06. The normalized spacial score (nSPS) is 15.9. The summed E-state index contributed by atoms with van der Waals surface area (Å²) in [6.07, 6.45) is 0.0222. The molecular formula is C17H17FN6O5S. The highest BCUT2D eigenvalue weighted by molar-refractivity contribution is 7.13. The molecular weight excluding hydrogens is 419 g/mol. The molecule has 2 heterocycles. The summed E-state index contributed by atoms with van der Waals surface area (Å²) in [5.74, 6) is -2.04. The Morgan fingerprint density at radius 2 is 2.30 bits per heavy atom. The molecule has 13 heteroatoms.